The van der Waals surface area contributed by atoms with Crippen LogP contribution in [0.25, 0.3) is 5.69 Å². The van der Waals surface area contributed by atoms with Gasteiger partial charge in [0.05, 0.1) is 10.9 Å². The average Bonchev–Trinajstić information content (AvgIpc) is 3.10. The van der Waals surface area contributed by atoms with Gasteiger partial charge in [-0.1, -0.05) is 41.6 Å². The minimum atomic E-state index is -0.345. The van der Waals surface area contributed by atoms with Crippen molar-refractivity contribution in [2.75, 3.05) is 11.9 Å². The van der Waals surface area contributed by atoms with Gasteiger partial charge < -0.3 is 4.90 Å². The van der Waals surface area contributed by atoms with Crippen molar-refractivity contribution < 1.29 is 4.79 Å². The predicted molar refractivity (Wildman–Crippen MR) is 99.3 cm³/mol. The van der Waals surface area contributed by atoms with Crippen molar-refractivity contribution in [3.8, 4) is 5.69 Å². The predicted octanol–water partition coefficient (Wildman–Crippen LogP) is 3.46. The Kier molecular flexibility index (Phi) is 5.35. The highest BCUT2D eigenvalue weighted by molar-refractivity contribution is 8.00. The smallest absolute Gasteiger partial charge is 0.240 e. The molecule has 0 saturated heterocycles. The minimum Gasteiger partial charge on any atom is -0.315 e. The van der Waals surface area contributed by atoms with Crippen LogP contribution in [0.1, 0.15) is 6.92 Å². The van der Waals surface area contributed by atoms with Crippen molar-refractivity contribution in [2.45, 2.75) is 17.3 Å². The second-order valence-corrected chi connectivity index (χ2v) is 7.09. The number of amides is 1. The van der Waals surface area contributed by atoms with Crippen LogP contribution in [0.15, 0.2) is 59.8 Å². The number of tetrazole rings is 1. The van der Waals surface area contributed by atoms with Crippen LogP contribution in [0.5, 0.6) is 0 Å². The topological polar surface area (TPSA) is 63.9 Å². The van der Waals surface area contributed by atoms with Gasteiger partial charge >= 0.3 is 0 Å². The second-order valence-electron chi connectivity index (χ2n) is 5.34. The maximum absolute atomic E-state index is 12.7. The van der Waals surface area contributed by atoms with E-state index < -0.39 is 0 Å². The number of hydrogen-bond donors (Lipinski definition) is 0. The van der Waals surface area contributed by atoms with Crippen molar-refractivity contribution >= 4 is 35.0 Å². The molecule has 8 heteroatoms. The standard InChI is InChI=1S/C17H16ClN5OS/c1-12(16(24)22(2)14-6-4-3-5-7-14)25-17-19-20-21-23(17)15-10-8-13(18)9-11-15/h3-12H,1-2H3/t12-/m1/s1. The quantitative estimate of drug-likeness (QED) is 0.641. The largest absolute Gasteiger partial charge is 0.315 e. The summed E-state index contributed by atoms with van der Waals surface area (Å²) >= 11 is 7.23. The third-order valence-electron chi connectivity index (χ3n) is 3.62. The molecule has 1 amide bonds. The Balaban J connectivity index is 1.75. The highest BCUT2D eigenvalue weighted by Crippen LogP contribution is 2.25. The fraction of sp³-hybridized carbons (Fsp3) is 0.176. The SMILES string of the molecule is C[C@@H](Sc1nnnn1-c1ccc(Cl)cc1)C(=O)N(C)c1ccccc1. The summed E-state index contributed by atoms with van der Waals surface area (Å²) in [4.78, 5) is 14.3. The Labute approximate surface area is 154 Å². The van der Waals surface area contributed by atoms with Gasteiger partial charge in [0.25, 0.3) is 0 Å². The number of aromatic nitrogens is 4. The number of thioether (sulfide) groups is 1. The van der Waals surface area contributed by atoms with Crippen LogP contribution >= 0.6 is 23.4 Å². The summed E-state index contributed by atoms with van der Waals surface area (Å²) in [6.07, 6.45) is 0. The van der Waals surface area contributed by atoms with Gasteiger partial charge in [-0.3, -0.25) is 4.79 Å². The molecule has 1 heterocycles. The lowest BCUT2D eigenvalue weighted by Gasteiger charge is -2.20. The van der Waals surface area contributed by atoms with Gasteiger partial charge in [0, 0.05) is 17.8 Å². The van der Waals surface area contributed by atoms with E-state index in [2.05, 4.69) is 15.5 Å². The first kappa shape index (κ1) is 17.4. The molecule has 0 bridgehead atoms. The third-order valence-corrected chi connectivity index (χ3v) is 4.89. The van der Waals surface area contributed by atoms with Crippen LogP contribution in [-0.2, 0) is 4.79 Å². The van der Waals surface area contributed by atoms with E-state index in [-0.39, 0.29) is 11.2 Å². The van der Waals surface area contributed by atoms with Crippen molar-refractivity contribution in [3.63, 3.8) is 0 Å². The normalized spacial score (nSPS) is 12.0. The molecule has 128 valence electrons. The number of hydrogen-bond acceptors (Lipinski definition) is 5. The molecule has 0 N–H and O–H groups in total. The maximum atomic E-state index is 12.7. The van der Waals surface area contributed by atoms with E-state index in [0.717, 1.165) is 11.4 Å². The number of para-hydroxylation sites is 1. The van der Waals surface area contributed by atoms with Crippen molar-refractivity contribution in [1.29, 1.82) is 0 Å². The molecule has 0 unspecified atom stereocenters. The van der Waals surface area contributed by atoms with Crippen LogP contribution in [-0.4, -0.2) is 38.4 Å². The lowest BCUT2D eigenvalue weighted by molar-refractivity contribution is -0.117. The van der Waals surface area contributed by atoms with Crippen LogP contribution in [0.4, 0.5) is 5.69 Å². The maximum Gasteiger partial charge on any atom is 0.240 e. The number of benzene rings is 2. The number of anilines is 1. The first-order valence-corrected chi connectivity index (χ1v) is 8.85. The fourth-order valence-corrected chi connectivity index (χ4v) is 3.28. The molecule has 0 spiro atoms. The summed E-state index contributed by atoms with van der Waals surface area (Å²) in [5.74, 6) is -0.0261. The van der Waals surface area contributed by atoms with Crippen molar-refractivity contribution in [2.24, 2.45) is 0 Å². The van der Waals surface area contributed by atoms with Crippen LogP contribution in [0, 0.1) is 0 Å². The molecule has 6 nitrogen and oxygen atoms in total. The van der Waals surface area contributed by atoms with E-state index in [1.165, 1.54) is 11.8 Å². The van der Waals surface area contributed by atoms with E-state index in [1.54, 1.807) is 28.8 Å². The number of carbonyl (C=O) groups is 1. The summed E-state index contributed by atoms with van der Waals surface area (Å²) in [5.41, 5.74) is 1.63. The molecular formula is C17H16ClN5OS. The molecule has 0 aliphatic rings. The van der Waals surface area contributed by atoms with Crippen molar-refractivity contribution in [3.05, 3.63) is 59.6 Å². The number of nitrogens with zero attached hydrogens (tertiary/aromatic N) is 5. The van der Waals surface area contributed by atoms with Crippen LogP contribution in [0.2, 0.25) is 5.02 Å². The molecule has 2 aromatic carbocycles. The number of halogens is 1. The Morgan fingerprint density at radius 2 is 1.84 bits per heavy atom. The molecule has 1 aromatic heterocycles. The zero-order chi connectivity index (χ0) is 17.8. The average molecular weight is 374 g/mol. The molecule has 0 aliphatic heterocycles. The first-order valence-electron chi connectivity index (χ1n) is 7.60. The molecular weight excluding hydrogens is 358 g/mol. The Morgan fingerprint density at radius 1 is 1.16 bits per heavy atom. The van der Waals surface area contributed by atoms with E-state index in [4.69, 9.17) is 11.6 Å². The molecule has 0 aliphatic carbocycles. The van der Waals surface area contributed by atoms with Gasteiger partial charge in [-0.2, -0.15) is 4.68 Å². The lowest BCUT2D eigenvalue weighted by atomic mass is 10.3. The van der Waals surface area contributed by atoms with Gasteiger partial charge in [-0.25, -0.2) is 0 Å². The van der Waals surface area contributed by atoms with E-state index >= 15 is 0 Å². The third kappa shape index (κ3) is 4.00. The molecule has 0 saturated carbocycles. The summed E-state index contributed by atoms with van der Waals surface area (Å²) in [7, 11) is 1.76. The van der Waals surface area contributed by atoms with E-state index in [0.29, 0.717) is 10.2 Å². The summed E-state index contributed by atoms with van der Waals surface area (Å²) in [6, 6.07) is 16.7. The minimum absolute atomic E-state index is 0.0261. The molecule has 3 rings (SSSR count). The summed E-state index contributed by atoms with van der Waals surface area (Å²) < 4.78 is 1.59. The zero-order valence-corrected chi connectivity index (χ0v) is 15.3. The summed E-state index contributed by atoms with van der Waals surface area (Å²) in [6.45, 7) is 1.84. The van der Waals surface area contributed by atoms with Crippen LogP contribution < -0.4 is 4.90 Å². The van der Waals surface area contributed by atoms with Gasteiger partial charge in [0.1, 0.15) is 0 Å². The highest BCUT2D eigenvalue weighted by atomic mass is 35.5. The van der Waals surface area contributed by atoms with E-state index in [9.17, 15) is 4.79 Å². The van der Waals surface area contributed by atoms with Crippen molar-refractivity contribution in [1.82, 2.24) is 20.2 Å². The molecule has 0 radical (unpaired) electrons. The molecule has 3 aromatic rings. The highest BCUT2D eigenvalue weighted by Gasteiger charge is 2.22. The zero-order valence-electron chi connectivity index (χ0n) is 13.7. The van der Waals surface area contributed by atoms with Gasteiger partial charge in [0.2, 0.25) is 11.1 Å². The van der Waals surface area contributed by atoms with Gasteiger partial charge in [-0.15, -0.1) is 5.10 Å². The molecule has 0 fully saturated rings. The Morgan fingerprint density at radius 3 is 2.52 bits per heavy atom. The fourth-order valence-electron chi connectivity index (χ4n) is 2.26. The summed E-state index contributed by atoms with van der Waals surface area (Å²) in [5, 5.41) is 12.6. The Bertz CT molecular complexity index is 853. The van der Waals surface area contributed by atoms with E-state index in [1.807, 2.05) is 49.4 Å². The monoisotopic (exact) mass is 373 g/mol. The lowest BCUT2D eigenvalue weighted by Crippen LogP contribution is -2.33. The van der Waals surface area contributed by atoms with Gasteiger partial charge in [-0.05, 0) is 53.7 Å². The number of carbonyl (C=O) groups excluding carboxylic acids is 1. The van der Waals surface area contributed by atoms with Crippen LogP contribution in [0.3, 0.4) is 0 Å². The second kappa shape index (κ2) is 7.67. The molecule has 1 atom stereocenters. The molecule has 25 heavy (non-hydrogen) atoms. The first-order chi connectivity index (χ1) is 12.1. The number of rotatable bonds is 5. The van der Waals surface area contributed by atoms with Gasteiger partial charge in [0.15, 0.2) is 0 Å². The Hall–Kier alpha value is -2.38.